The molecule has 3 amide bonds. The lowest BCUT2D eigenvalue weighted by atomic mass is 10.0. The van der Waals surface area contributed by atoms with Crippen LogP contribution in [0.3, 0.4) is 0 Å². The first-order valence-corrected chi connectivity index (χ1v) is 18.1. The third-order valence-electron chi connectivity index (χ3n) is 9.37. The number of aromatic nitrogens is 5. The van der Waals surface area contributed by atoms with Crippen molar-refractivity contribution in [3.8, 4) is 34.0 Å². The summed E-state index contributed by atoms with van der Waals surface area (Å²) in [5.41, 5.74) is 5.77. The number of benzene rings is 2. The summed E-state index contributed by atoms with van der Waals surface area (Å²) in [6, 6.07) is 13.0. The second kappa shape index (κ2) is 15.8. The Morgan fingerprint density at radius 3 is 2.42 bits per heavy atom. The molecule has 52 heavy (non-hydrogen) atoms. The predicted octanol–water partition coefficient (Wildman–Crippen LogP) is 7.10. The summed E-state index contributed by atoms with van der Waals surface area (Å²) in [5, 5.41) is 2.67. The van der Waals surface area contributed by atoms with Crippen molar-refractivity contribution in [3.05, 3.63) is 66.5 Å². The fraction of sp³-hybridized carbons (Fsp3) is 0.436. The number of fused-ring (bicyclic) bond motifs is 1. The SMILES string of the molecule is CCCN(Cc1ncc(-c2ccc(-c3nc4cc(-c5cnc([C@@H]6CCCN6C(=O)CC(C)C)[nH]5)ccc4o3)cc2)[nH]1)C(=O)[C@@H](NC(=O)OC)C(C)C. The molecule has 5 aromatic rings. The number of H-pyrrole nitrogens is 2. The summed E-state index contributed by atoms with van der Waals surface area (Å²) in [4.78, 5) is 62.7. The number of methoxy groups -OCH3 is 1. The van der Waals surface area contributed by atoms with E-state index in [4.69, 9.17) is 14.1 Å². The van der Waals surface area contributed by atoms with Crippen LogP contribution in [0.1, 0.15) is 78.0 Å². The van der Waals surface area contributed by atoms with Crippen LogP contribution in [-0.2, 0) is 20.9 Å². The van der Waals surface area contributed by atoms with Gasteiger partial charge >= 0.3 is 6.09 Å². The number of imidazole rings is 2. The molecule has 2 aromatic carbocycles. The molecule has 3 N–H and O–H groups in total. The van der Waals surface area contributed by atoms with E-state index in [0.29, 0.717) is 36.2 Å². The van der Waals surface area contributed by atoms with Crippen molar-refractivity contribution >= 4 is 29.0 Å². The fourth-order valence-corrected chi connectivity index (χ4v) is 6.68. The van der Waals surface area contributed by atoms with Gasteiger partial charge in [-0.15, -0.1) is 0 Å². The van der Waals surface area contributed by atoms with Crippen molar-refractivity contribution in [2.24, 2.45) is 11.8 Å². The maximum absolute atomic E-state index is 13.4. The lowest BCUT2D eigenvalue weighted by Crippen LogP contribution is -2.51. The Labute approximate surface area is 303 Å². The van der Waals surface area contributed by atoms with Gasteiger partial charge in [0.1, 0.15) is 23.2 Å². The summed E-state index contributed by atoms with van der Waals surface area (Å²) in [7, 11) is 1.28. The van der Waals surface area contributed by atoms with Crippen molar-refractivity contribution in [1.82, 2.24) is 40.0 Å². The molecular weight excluding hydrogens is 660 g/mol. The molecule has 0 spiro atoms. The van der Waals surface area contributed by atoms with Crippen LogP contribution in [0.5, 0.6) is 0 Å². The van der Waals surface area contributed by atoms with Crippen LogP contribution in [0, 0.1) is 11.8 Å². The summed E-state index contributed by atoms with van der Waals surface area (Å²) in [5.74, 6) is 2.16. The van der Waals surface area contributed by atoms with E-state index in [1.165, 1.54) is 7.11 Å². The van der Waals surface area contributed by atoms with E-state index in [1.54, 1.807) is 11.1 Å². The van der Waals surface area contributed by atoms with Gasteiger partial charge in [0, 0.05) is 30.6 Å². The minimum Gasteiger partial charge on any atom is -0.453 e. The molecule has 6 rings (SSSR count). The molecule has 0 saturated carbocycles. The lowest BCUT2D eigenvalue weighted by molar-refractivity contribution is -0.135. The Kier molecular flexibility index (Phi) is 11.1. The first-order valence-electron chi connectivity index (χ1n) is 18.1. The third-order valence-corrected chi connectivity index (χ3v) is 9.37. The van der Waals surface area contributed by atoms with Gasteiger partial charge in [0.25, 0.3) is 0 Å². The molecule has 0 radical (unpaired) electrons. The summed E-state index contributed by atoms with van der Waals surface area (Å²) < 4.78 is 10.9. The molecule has 0 unspecified atom stereocenters. The van der Waals surface area contributed by atoms with Crippen LogP contribution < -0.4 is 5.32 Å². The van der Waals surface area contributed by atoms with E-state index in [2.05, 4.69) is 39.1 Å². The van der Waals surface area contributed by atoms with E-state index in [9.17, 15) is 14.4 Å². The van der Waals surface area contributed by atoms with Crippen LogP contribution in [0.15, 0.2) is 59.3 Å². The number of amides is 3. The lowest BCUT2D eigenvalue weighted by Gasteiger charge is -2.28. The van der Waals surface area contributed by atoms with Crippen molar-refractivity contribution in [1.29, 1.82) is 0 Å². The molecule has 1 fully saturated rings. The molecule has 0 aliphatic carbocycles. The molecule has 4 heterocycles. The fourth-order valence-electron chi connectivity index (χ4n) is 6.68. The van der Waals surface area contributed by atoms with E-state index in [1.807, 2.05) is 74.3 Å². The topological polar surface area (TPSA) is 162 Å². The Morgan fingerprint density at radius 1 is 1.00 bits per heavy atom. The van der Waals surface area contributed by atoms with Gasteiger partial charge in [-0.25, -0.2) is 19.7 Å². The van der Waals surface area contributed by atoms with Crippen LogP contribution in [-0.4, -0.2) is 78.9 Å². The van der Waals surface area contributed by atoms with Crippen LogP contribution in [0.4, 0.5) is 4.79 Å². The molecule has 1 saturated heterocycles. The number of nitrogens with one attached hydrogen (secondary N) is 3. The summed E-state index contributed by atoms with van der Waals surface area (Å²) in [6.45, 7) is 11.5. The molecule has 3 aromatic heterocycles. The highest BCUT2D eigenvalue weighted by Gasteiger charge is 2.32. The van der Waals surface area contributed by atoms with E-state index in [0.717, 1.165) is 65.2 Å². The number of likely N-dealkylation sites (tertiary alicyclic amines) is 1. The molecule has 274 valence electrons. The zero-order chi connectivity index (χ0) is 36.9. The highest BCUT2D eigenvalue weighted by atomic mass is 16.5. The molecule has 13 heteroatoms. The Bertz CT molecular complexity index is 2010. The minimum atomic E-state index is -0.710. The number of hydrogen-bond donors (Lipinski definition) is 3. The van der Waals surface area contributed by atoms with E-state index < -0.39 is 12.1 Å². The standard InChI is InChI=1S/C39H48N8O5/c1-7-16-46(38(49)35(24(4)5)45-39(50)51-6)22-33-40-20-29(42-33)25-10-12-26(13-11-25)37-44-28-19-27(14-15-32(28)52-37)30-21-41-36(43-30)31-9-8-17-47(31)34(48)18-23(2)3/h10-15,19-21,23-24,31,35H,7-9,16-18,22H2,1-6H3,(H,40,42)(H,41,43)(H,45,50)/t31-,35-/m0/s1. The number of carbonyl (C=O) groups is 3. The van der Waals surface area contributed by atoms with Crippen molar-refractivity contribution in [3.63, 3.8) is 0 Å². The van der Waals surface area contributed by atoms with Crippen molar-refractivity contribution in [2.45, 2.75) is 78.9 Å². The number of nitrogens with zero attached hydrogens (tertiary/aromatic N) is 5. The normalized spacial score (nSPS) is 15.1. The average molecular weight is 709 g/mol. The maximum Gasteiger partial charge on any atom is 0.407 e. The van der Waals surface area contributed by atoms with Gasteiger partial charge in [-0.2, -0.15) is 0 Å². The van der Waals surface area contributed by atoms with E-state index in [-0.39, 0.29) is 30.3 Å². The Hall–Kier alpha value is -5.46. The second-order valence-electron chi connectivity index (χ2n) is 14.2. The zero-order valence-corrected chi connectivity index (χ0v) is 30.7. The molecule has 1 aliphatic heterocycles. The van der Waals surface area contributed by atoms with Gasteiger partial charge in [0.05, 0.1) is 43.5 Å². The number of aromatic amines is 2. The third kappa shape index (κ3) is 8.03. The van der Waals surface area contributed by atoms with Gasteiger partial charge in [0.15, 0.2) is 5.58 Å². The average Bonchev–Trinajstić information content (AvgIpc) is 3.95. The van der Waals surface area contributed by atoms with Crippen LogP contribution in [0.2, 0.25) is 0 Å². The maximum atomic E-state index is 13.4. The predicted molar refractivity (Wildman–Crippen MR) is 198 cm³/mol. The quantitative estimate of drug-likeness (QED) is 0.117. The number of ether oxygens (including phenoxy) is 1. The highest BCUT2D eigenvalue weighted by Crippen LogP contribution is 2.34. The van der Waals surface area contributed by atoms with Gasteiger partial charge in [-0.3, -0.25) is 9.59 Å². The van der Waals surface area contributed by atoms with Gasteiger partial charge < -0.3 is 34.2 Å². The summed E-state index contributed by atoms with van der Waals surface area (Å²) in [6.07, 6.45) is 6.11. The molecule has 2 atom stereocenters. The molecule has 1 aliphatic rings. The number of oxazole rings is 1. The largest absolute Gasteiger partial charge is 0.453 e. The second-order valence-corrected chi connectivity index (χ2v) is 14.2. The number of alkyl carbamates (subject to hydrolysis) is 1. The van der Waals surface area contributed by atoms with Gasteiger partial charge in [0.2, 0.25) is 17.7 Å². The Balaban J connectivity index is 1.13. The smallest absolute Gasteiger partial charge is 0.407 e. The van der Waals surface area contributed by atoms with E-state index >= 15 is 0 Å². The molecule has 13 nitrogen and oxygen atoms in total. The minimum absolute atomic E-state index is 0.0296. The number of carbonyl (C=O) groups excluding carboxylic acids is 3. The molecular formula is C39H48N8O5. The van der Waals surface area contributed by atoms with Crippen LogP contribution >= 0.6 is 0 Å². The van der Waals surface area contributed by atoms with Crippen molar-refractivity contribution in [2.75, 3.05) is 20.2 Å². The number of rotatable bonds is 13. The summed E-state index contributed by atoms with van der Waals surface area (Å²) >= 11 is 0. The van der Waals surface area contributed by atoms with Gasteiger partial charge in [-0.1, -0.05) is 46.8 Å². The highest BCUT2D eigenvalue weighted by molar-refractivity contribution is 5.86. The Morgan fingerprint density at radius 2 is 1.71 bits per heavy atom. The first kappa shape index (κ1) is 36.3. The first-order chi connectivity index (χ1) is 25.0. The zero-order valence-electron chi connectivity index (χ0n) is 30.7. The van der Waals surface area contributed by atoms with Crippen molar-refractivity contribution < 1.29 is 23.5 Å². The van der Waals surface area contributed by atoms with Crippen LogP contribution in [0.25, 0.3) is 45.1 Å². The monoisotopic (exact) mass is 708 g/mol. The van der Waals surface area contributed by atoms with Gasteiger partial charge in [-0.05, 0) is 67.0 Å². The molecule has 0 bridgehead atoms. The number of hydrogen-bond acceptors (Lipinski definition) is 8.